The average Bonchev–Trinajstić information content (AvgIpc) is 2.54. The summed E-state index contributed by atoms with van der Waals surface area (Å²) in [6.45, 7) is -0.421. The number of carbonyl (C=O) groups excluding carboxylic acids is 2. The van der Waals surface area contributed by atoms with Crippen molar-refractivity contribution in [2.24, 2.45) is 0 Å². The first-order valence-corrected chi connectivity index (χ1v) is 6.93. The van der Waals surface area contributed by atoms with Crippen LogP contribution in [0.1, 0.15) is 20.8 Å². The quantitative estimate of drug-likeness (QED) is 0.474. The van der Waals surface area contributed by atoms with E-state index >= 15 is 0 Å². The highest BCUT2D eigenvalue weighted by atomic mass is 35.5. The molecular formula is C15H11Cl2NO4. The molecule has 0 saturated carbocycles. The summed E-state index contributed by atoms with van der Waals surface area (Å²) in [4.78, 5) is 27.6. The van der Waals surface area contributed by atoms with E-state index in [4.69, 9.17) is 32.7 Å². The molecule has 1 aromatic carbocycles. The highest BCUT2D eigenvalue weighted by Gasteiger charge is 2.16. The topological polar surface area (TPSA) is 65.5 Å². The van der Waals surface area contributed by atoms with Crippen molar-refractivity contribution in [2.75, 3.05) is 13.7 Å². The summed E-state index contributed by atoms with van der Waals surface area (Å²) in [7, 11) is 1.53. The largest absolute Gasteiger partial charge is 0.497 e. The fraction of sp³-hybridized carbons (Fsp3) is 0.133. The predicted octanol–water partition coefficient (Wildman–Crippen LogP) is 3.44. The van der Waals surface area contributed by atoms with E-state index in [1.807, 2.05) is 0 Å². The molecule has 7 heteroatoms. The van der Waals surface area contributed by atoms with Gasteiger partial charge in [0.25, 0.3) is 0 Å². The summed E-state index contributed by atoms with van der Waals surface area (Å²) in [5, 5.41) is 0.212. The number of hydrogen-bond acceptors (Lipinski definition) is 5. The van der Waals surface area contributed by atoms with Crippen LogP contribution in [0.25, 0.3) is 0 Å². The number of Topliss-reactive ketones (excluding diaryl/α,β-unsaturated/α-hetero) is 1. The third-order valence-electron chi connectivity index (χ3n) is 2.75. The van der Waals surface area contributed by atoms with E-state index in [1.165, 1.54) is 19.2 Å². The van der Waals surface area contributed by atoms with E-state index in [2.05, 4.69) is 4.98 Å². The Bertz CT molecular complexity index is 701. The smallest absolute Gasteiger partial charge is 0.359 e. The summed E-state index contributed by atoms with van der Waals surface area (Å²) in [6, 6.07) is 9.33. The monoisotopic (exact) mass is 339 g/mol. The van der Waals surface area contributed by atoms with Gasteiger partial charge >= 0.3 is 5.97 Å². The number of hydrogen-bond donors (Lipinski definition) is 0. The van der Waals surface area contributed by atoms with Crippen molar-refractivity contribution in [1.29, 1.82) is 0 Å². The van der Waals surface area contributed by atoms with E-state index in [1.54, 1.807) is 24.3 Å². The van der Waals surface area contributed by atoms with Gasteiger partial charge in [-0.15, -0.1) is 0 Å². The molecule has 2 rings (SSSR count). The summed E-state index contributed by atoms with van der Waals surface area (Å²) in [5.74, 6) is -0.535. The molecule has 0 atom stereocenters. The zero-order valence-electron chi connectivity index (χ0n) is 11.5. The lowest BCUT2D eigenvalue weighted by molar-refractivity contribution is 0.0469. The van der Waals surface area contributed by atoms with E-state index in [0.717, 1.165) is 0 Å². The molecule has 1 aromatic heterocycles. The second kappa shape index (κ2) is 7.24. The number of aromatic nitrogens is 1. The Hall–Kier alpha value is -2.11. The first-order valence-electron chi connectivity index (χ1n) is 6.17. The maximum absolute atomic E-state index is 11.9. The lowest BCUT2D eigenvalue weighted by Gasteiger charge is -2.06. The number of benzene rings is 1. The molecule has 0 unspecified atom stereocenters. The van der Waals surface area contributed by atoms with E-state index in [9.17, 15) is 9.59 Å². The van der Waals surface area contributed by atoms with Gasteiger partial charge in [0.05, 0.1) is 12.1 Å². The fourth-order valence-electron chi connectivity index (χ4n) is 1.62. The minimum absolute atomic E-state index is 0.103. The van der Waals surface area contributed by atoms with Gasteiger partial charge in [-0.25, -0.2) is 9.78 Å². The molecule has 0 aliphatic rings. The van der Waals surface area contributed by atoms with Crippen molar-refractivity contribution in [2.45, 2.75) is 0 Å². The lowest BCUT2D eigenvalue weighted by atomic mass is 10.1. The number of nitrogens with zero attached hydrogens (tertiary/aromatic N) is 1. The molecule has 0 radical (unpaired) electrons. The molecule has 0 aliphatic heterocycles. The van der Waals surface area contributed by atoms with Crippen LogP contribution in [0.5, 0.6) is 5.75 Å². The Morgan fingerprint density at radius 3 is 2.41 bits per heavy atom. The minimum atomic E-state index is -0.811. The van der Waals surface area contributed by atoms with Crippen molar-refractivity contribution in [1.82, 2.24) is 4.98 Å². The zero-order chi connectivity index (χ0) is 16.1. The summed E-state index contributed by atoms with van der Waals surface area (Å²) >= 11 is 11.5. The number of ketones is 1. The zero-order valence-corrected chi connectivity index (χ0v) is 13.0. The van der Waals surface area contributed by atoms with Crippen molar-refractivity contribution in [3.8, 4) is 5.75 Å². The Morgan fingerprint density at radius 1 is 1.09 bits per heavy atom. The number of esters is 1. The number of pyridine rings is 1. The maximum Gasteiger partial charge on any atom is 0.359 e. The van der Waals surface area contributed by atoms with Gasteiger partial charge in [0.15, 0.2) is 18.1 Å². The molecule has 0 aliphatic carbocycles. The van der Waals surface area contributed by atoms with E-state index in [-0.39, 0.29) is 21.7 Å². The third kappa shape index (κ3) is 3.96. The van der Waals surface area contributed by atoms with Crippen molar-refractivity contribution in [3.63, 3.8) is 0 Å². The SMILES string of the molecule is COc1ccc(C(=O)COC(=O)c2nc(Cl)ccc2Cl)cc1. The number of halogens is 2. The number of ether oxygens (including phenoxy) is 2. The molecule has 22 heavy (non-hydrogen) atoms. The Labute approximate surface area is 136 Å². The second-order valence-electron chi connectivity index (χ2n) is 4.19. The molecule has 0 saturated heterocycles. The molecule has 2 aromatic rings. The van der Waals surface area contributed by atoms with Crippen molar-refractivity contribution >= 4 is 35.0 Å². The summed E-state index contributed by atoms with van der Waals surface area (Å²) in [5.41, 5.74) is 0.274. The number of rotatable bonds is 5. The first kappa shape index (κ1) is 16.3. The normalized spacial score (nSPS) is 10.1. The maximum atomic E-state index is 11.9. The van der Waals surface area contributed by atoms with E-state index in [0.29, 0.717) is 11.3 Å². The van der Waals surface area contributed by atoms with Gasteiger partial charge < -0.3 is 9.47 Å². The Kier molecular flexibility index (Phi) is 5.35. The van der Waals surface area contributed by atoms with Crippen LogP contribution in [-0.4, -0.2) is 30.5 Å². The van der Waals surface area contributed by atoms with Gasteiger partial charge in [0, 0.05) is 5.56 Å². The Morgan fingerprint density at radius 2 is 1.77 bits per heavy atom. The first-order chi connectivity index (χ1) is 10.5. The molecule has 0 N–H and O–H groups in total. The van der Waals surface area contributed by atoms with Gasteiger partial charge in [-0.2, -0.15) is 0 Å². The standard InChI is InChI=1S/C15H11Cl2NO4/c1-21-10-4-2-9(3-5-10)12(19)8-22-15(20)14-11(16)6-7-13(17)18-14/h2-7H,8H2,1H3. The van der Waals surface area contributed by atoms with Crippen LogP contribution in [0.15, 0.2) is 36.4 Å². The number of methoxy groups -OCH3 is 1. The van der Waals surface area contributed by atoms with Crippen molar-refractivity contribution in [3.05, 3.63) is 57.8 Å². The van der Waals surface area contributed by atoms with Crippen LogP contribution in [0.4, 0.5) is 0 Å². The van der Waals surface area contributed by atoms with Crippen LogP contribution in [0, 0.1) is 0 Å². The minimum Gasteiger partial charge on any atom is -0.497 e. The Balaban J connectivity index is 2.00. The van der Waals surface area contributed by atoms with Gasteiger partial charge in [-0.1, -0.05) is 23.2 Å². The molecule has 0 bridgehead atoms. The van der Waals surface area contributed by atoms with Gasteiger partial charge in [-0.05, 0) is 36.4 Å². The summed E-state index contributed by atoms with van der Waals surface area (Å²) in [6.07, 6.45) is 0. The molecule has 0 fully saturated rings. The van der Waals surface area contributed by atoms with E-state index < -0.39 is 12.6 Å². The molecular weight excluding hydrogens is 329 g/mol. The van der Waals surface area contributed by atoms with Gasteiger partial charge in [0.1, 0.15) is 10.9 Å². The van der Waals surface area contributed by atoms with Crippen LogP contribution >= 0.6 is 23.2 Å². The highest BCUT2D eigenvalue weighted by Crippen LogP contribution is 2.18. The van der Waals surface area contributed by atoms with Crippen LogP contribution in [-0.2, 0) is 4.74 Å². The van der Waals surface area contributed by atoms with Gasteiger partial charge in [-0.3, -0.25) is 4.79 Å². The van der Waals surface area contributed by atoms with Crippen LogP contribution in [0.2, 0.25) is 10.2 Å². The van der Waals surface area contributed by atoms with Gasteiger partial charge in [0.2, 0.25) is 0 Å². The van der Waals surface area contributed by atoms with Crippen LogP contribution in [0.3, 0.4) is 0 Å². The van der Waals surface area contributed by atoms with Crippen LogP contribution < -0.4 is 4.74 Å². The molecule has 0 amide bonds. The fourth-order valence-corrected chi connectivity index (χ4v) is 1.95. The number of carbonyl (C=O) groups is 2. The molecule has 0 spiro atoms. The highest BCUT2D eigenvalue weighted by molar-refractivity contribution is 6.34. The summed E-state index contributed by atoms with van der Waals surface area (Å²) < 4.78 is 9.91. The third-order valence-corrected chi connectivity index (χ3v) is 3.27. The average molecular weight is 340 g/mol. The van der Waals surface area contributed by atoms with Crippen molar-refractivity contribution < 1.29 is 19.1 Å². The second-order valence-corrected chi connectivity index (χ2v) is 4.99. The predicted molar refractivity (Wildman–Crippen MR) is 81.9 cm³/mol. The molecule has 5 nitrogen and oxygen atoms in total. The lowest BCUT2D eigenvalue weighted by Crippen LogP contribution is -2.15. The molecule has 1 heterocycles. The molecule has 114 valence electrons.